The second-order valence-electron chi connectivity index (χ2n) is 9.94. The minimum Gasteiger partial charge on any atom is -0.497 e. The zero-order valence-corrected chi connectivity index (χ0v) is 22.3. The Morgan fingerprint density at radius 3 is 2.71 bits per heavy atom. The zero-order valence-electron chi connectivity index (χ0n) is 22.3. The van der Waals surface area contributed by atoms with Crippen molar-refractivity contribution >= 4 is 33.7 Å². The van der Waals surface area contributed by atoms with Crippen molar-refractivity contribution in [3.63, 3.8) is 0 Å². The summed E-state index contributed by atoms with van der Waals surface area (Å²) in [5.41, 5.74) is 2.64. The molecule has 210 valence electrons. The summed E-state index contributed by atoms with van der Waals surface area (Å²) in [6, 6.07) is 20.5. The van der Waals surface area contributed by atoms with E-state index in [9.17, 15) is 15.0 Å². The first kappa shape index (κ1) is 26.6. The maximum absolute atomic E-state index is 13.0. The molecule has 41 heavy (non-hydrogen) atoms. The number of hydrogen-bond acceptors (Lipinski definition) is 9. The predicted octanol–water partition coefficient (Wildman–Crippen LogP) is 2.52. The van der Waals surface area contributed by atoms with E-state index in [1.165, 1.54) is 18.8 Å². The number of nitrogens with zero attached hydrogens (tertiary/aromatic N) is 4. The number of imidazole rings is 1. The van der Waals surface area contributed by atoms with Crippen molar-refractivity contribution in [2.75, 3.05) is 19.0 Å². The lowest BCUT2D eigenvalue weighted by atomic mass is 10.0. The first-order valence-electron chi connectivity index (χ1n) is 13.3. The number of rotatable bonds is 9. The van der Waals surface area contributed by atoms with Crippen LogP contribution in [0, 0.1) is 0 Å². The van der Waals surface area contributed by atoms with E-state index < -0.39 is 30.3 Å². The molecule has 1 amide bonds. The third-order valence-corrected chi connectivity index (χ3v) is 7.36. The number of carbonyl (C=O) groups is 1. The van der Waals surface area contributed by atoms with Crippen molar-refractivity contribution in [1.29, 1.82) is 0 Å². The van der Waals surface area contributed by atoms with Gasteiger partial charge in [0.2, 0.25) is 0 Å². The molecular weight excluding hydrogens is 524 g/mol. The summed E-state index contributed by atoms with van der Waals surface area (Å²) < 4.78 is 13.0. The maximum atomic E-state index is 13.0. The normalized spacial score (nSPS) is 20.4. The van der Waals surface area contributed by atoms with Crippen molar-refractivity contribution in [2.45, 2.75) is 37.4 Å². The third kappa shape index (κ3) is 5.42. The molecule has 0 saturated carbocycles. The molecule has 2 unspecified atom stereocenters. The number of aliphatic hydroxyl groups excluding tert-OH is 2. The second-order valence-corrected chi connectivity index (χ2v) is 9.94. The van der Waals surface area contributed by atoms with Gasteiger partial charge in [0.15, 0.2) is 11.5 Å². The quantitative estimate of drug-likeness (QED) is 0.216. The van der Waals surface area contributed by atoms with E-state index in [1.54, 1.807) is 35.2 Å². The van der Waals surface area contributed by atoms with Crippen LogP contribution in [0.1, 0.15) is 15.9 Å². The molecule has 11 nitrogen and oxygen atoms in total. The molecule has 0 bridgehead atoms. The Balaban J connectivity index is 1.20. The van der Waals surface area contributed by atoms with Crippen LogP contribution < -0.4 is 15.4 Å². The summed E-state index contributed by atoms with van der Waals surface area (Å²) in [6.45, 7) is 0.394. The first-order valence-corrected chi connectivity index (χ1v) is 13.3. The SMILES string of the molecule is COc1cccc(C(=O)N[C@@H]2C(Cn3cnc4c(NCc5ccc6ccccc6c5)ncnc43)OC(CO)[C@@H]2O)c1. The average molecular weight is 555 g/mol. The fraction of sp³-hybridized carbons (Fsp3) is 0.267. The molecule has 0 radical (unpaired) electrons. The fourth-order valence-electron chi connectivity index (χ4n) is 5.20. The van der Waals surface area contributed by atoms with Gasteiger partial charge in [-0.05, 0) is 40.6 Å². The molecule has 1 aliphatic heterocycles. The van der Waals surface area contributed by atoms with Crippen molar-refractivity contribution < 1.29 is 24.5 Å². The summed E-state index contributed by atoms with van der Waals surface area (Å²) in [5, 5.41) is 29.2. The molecule has 1 aliphatic rings. The van der Waals surface area contributed by atoms with Crippen LogP contribution in [0.25, 0.3) is 21.9 Å². The lowest BCUT2D eigenvalue weighted by Crippen LogP contribution is -2.49. The molecule has 4 N–H and O–H groups in total. The molecule has 2 aromatic heterocycles. The number of carbonyl (C=O) groups excluding carboxylic acids is 1. The number of anilines is 1. The van der Waals surface area contributed by atoms with Gasteiger partial charge in [-0.2, -0.15) is 0 Å². The number of aromatic nitrogens is 4. The number of fused-ring (bicyclic) bond motifs is 2. The number of benzene rings is 3. The van der Waals surface area contributed by atoms with Gasteiger partial charge in [0, 0.05) is 12.1 Å². The van der Waals surface area contributed by atoms with Crippen LogP contribution in [0.5, 0.6) is 5.75 Å². The van der Waals surface area contributed by atoms with Gasteiger partial charge in [-0.3, -0.25) is 4.79 Å². The molecule has 0 spiro atoms. The largest absolute Gasteiger partial charge is 0.497 e. The highest BCUT2D eigenvalue weighted by Gasteiger charge is 2.44. The molecule has 6 rings (SSSR count). The van der Waals surface area contributed by atoms with Gasteiger partial charge in [-0.15, -0.1) is 0 Å². The van der Waals surface area contributed by atoms with Crippen molar-refractivity contribution in [1.82, 2.24) is 24.8 Å². The Bertz CT molecular complexity index is 1690. The van der Waals surface area contributed by atoms with Gasteiger partial charge in [-0.25, -0.2) is 15.0 Å². The standard InChI is InChI=1S/C30H30N6O5/c1-40-22-8-4-7-21(12-22)30(39)35-25-23(41-24(15-37)27(25)38)14-36-17-34-26-28(32-16-33-29(26)36)31-13-18-9-10-19-5-2-3-6-20(19)11-18/h2-12,16-17,23-25,27,37-38H,13-15H2,1H3,(H,35,39)(H,31,32,33)/t23?,24?,25-,27+/m1/s1. The zero-order chi connectivity index (χ0) is 28.3. The molecule has 3 aromatic carbocycles. The Morgan fingerprint density at radius 1 is 1.02 bits per heavy atom. The summed E-state index contributed by atoms with van der Waals surface area (Å²) in [5.74, 6) is 0.740. The van der Waals surface area contributed by atoms with Crippen molar-refractivity contribution in [3.05, 3.63) is 90.5 Å². The van der Waals surface area contributed by atoms with Crippen LogP contribution >= 0.6 is 0 Å². The Kier molecular flexibility index (Phi) is 7.47. The van der Waals surface area contributed by atoms with Crippen LogP contribution in [-0.2, 0) is 17.8 Å². The molecule has 5 aromatic rings. The van der Waals surface area contributed by atoms with E-state index in [4.69, 9.17) is 9.47 Å². The van der Waals surface area contributed by atoms with Gasteiger partial charge >= 0.3 is 0 Å². The minimum atomic E-state index is -1.11. The van der Waals surface area contributed by atoms with E-state index in [2.05, 4.69) is 55.9 Å². The van der Waals surface area contributed by atoms with E-state index in [0.717, 1.165) is 10.9 Å². The van der Waals surface area contributed by atoms with E-state index in [-0.39, 0.29) is 13.2 Å². The van der Waals surface area contributed by atoms with Crippen LogP contribution in [0.4, 0.5) is 5.82 Å². The Morgan fingerprint density at radius 2 is 1.88 bits per heavy atom. The van der Waals surface area contributed by atoms with Crippen LogP contribution in [0.3, 0.4) is 0 Å². The third-order valence-electron chi connectivity index (χ3n) is 7.36. The number of ether oxygens (including phenoxy) is 2. The van der Waals surface area contributed by atoms with E-state index in [1.807, 2.05) is 12.1 Å². The van der Waals surface area contributed by atoms with Gasteiger partial charge in [-0.1, -0.05) is 42.5 Å². The number of hydrogen-bond donors (Lipinski definition) is 4. The summed E-state index contributed by atoms with van der Waals surface area (Å²) in [6.07, 6.45) is 0.482. The molecule has 0 aliphatic carbocycles. The average Bonchev–Trinajstić information content (AvgIpc) is 3.56. The summed E-state index contributed by atoms with van der Waals surface area (Å²) in [4.78, 5) is 26.4. The van der Waals surface area contributed by atoms with Crippen molar-refractivity contribution in [2.24, 2.45) is 0 Å². The highest BCUT2D eigenvalue weighted by atomic mass is 16.5. The van der Waals surface area contributed by atoms with Crippen LogP contribution in [-0.4, -0.2) is 73.7 Å². The molecule has 1 fully saturated rings. The molecule has 4 atom stereocenters. The number of methoxy groups -OCH3 is 1. The number of aliphatic hydroxyl groups is 2. The van der Waals surface area contributed by atoms with E-state index >= 15 is 0 Å². The monoisotopic (exact) mass is 554 g/mol. The van der Waals surface area contributed by atoms with Crippen molar-refractivity contribution in [3.8, 4) is 5.75 Å². The summed E-state index contributed by atoms with van der Waals surface area (Å²) >= 11 is 0. The first-order chi connectivity index (χ1) is 20.0. The van der Waals surface area contributed by atoms with E-state index in [0.29, 0.717) is 34.8 Å². The molecular formula is C30H30N6O5. The molecule has 11 heteroatoms. The molecule has 1 saturated heterocycles. The Labute approximate surface area is 235 Å². The topological polar surface area (TPSA) is 144 Å². The number of amides is 1. The van der Waals surface area contributed by atoms with Crippen LogP contribution in [0.2, 0.25) is 0 Å². The second kappa shape index (κ2) is 11.5. The highest BCUT2D eigenvalue weighted by Crippen LogP contribution is 2.26. The van der Waals surface area contributed by atoms with Gasteiger partial charge < -0.3 is 34.9 Å². The lowest BCUT2D eigenvalue weighted by molar-refractivity contribution is -0.0255. The minimum absolute atomic E-state index is 0.230. The fourth-order valence-corrected chi connectivity index (χ4v) is 5.20. The van der Waals surface area contributed by atoms with Gasteiger partial charge in [0.25, 0.3) is 5.91 Å². The number of nitrogens with one attached hydrogen (secondary N) is 2. The maximum Gasteiger partial charge on any atom is 0.251 e. The lowest BCUT2D eigenvalue weighted by Gasteiger charge is -2.22. The van der Waals surface area contributed by atoms with Gasteiger partial charge in [0.05, 0.1) is 38.7 Å². The van der Waals surface area contributed by atoms with Crippen LogP contribution in [0.15, 0.2) is 79.4 Å². The highest BCUT2D eigenvalue weighted by molar-refractivity contribution is 5.95. The predicted molar refractivity (Wildman–Crippen MR) is 153 cm³/mol. The molecule has 3 heterocycles. The smallest absolute Gasteiger partial charge is 0.251 e. The Hall–Kier alpha value is -4.58. The summed E-state index contributed by atoms with van der Waals surface area (Å²) in [7, 11) is 1.52. The van der Waals surface area contributed by atoms with Gasteiger partial charge in [0.1, 0.15) is 29.8 Å².